The van der Waals surface area contributed by atoms with Gasteiger partial charge in [-0.1, -0.05) is 108 Å². The summed E-state index contributed by atoms with van der Waals surface area (Å²) in [6.07, 6.45) is 16.7. The molecule has 0 radical (unpaired) electrons. The topological polar surface area (TPSA) is 18.5 Å². The van der Waals surface area contributed by atoms with Gasteiger partial charge in [0.15, 0.2) is 0 Å². The van der Waals surface area contributed by atoms with Crippen LogP contribution in [0.5, 0.6) is 0 Å². The summed E-state index contributed by atoms with van der Waals surface area (Å²) in [5, 5.41) is 0. The van der Waals surface area contributed by atoms with Crippen LogP contribution in [0.15, 0.2) is 30.3 Å². The highest BCUT2D eigenvalue weighted by Gasteiger charge is 2.07. The maximum Gasteiger partial charge on any atom is 0.0973 e. The molecule has 0 aliphatic heterocycles. The Morgan fingerprint density at radius 2 is 1.30 bits per heavy atom. The third-order valence-electron chi connectivity index (χ3n) is 5.73. The molecule has 1 rings (SSSR count). The molecule has 0 spiro atoms. The van der Waals surface area contributed by atoms with Gasteiger partial charge >= 0.3 is 0 Å². The lowest BCUT2D eigenvalue weighted by atomic mass is 10.0. The van der Waals surface area contributed by atoms with E-state index in [1.807, 2.05) is 6.07 Å². The fourth-order valence-corrected chi connectivity index (χ4v) is 3.68. The number of hydrogen-bond donors (Lipinski definition) is 0. The summed E-state index contributed by atoms with van der Waals surface area (Å²) in [4.78, 5) is 0. The summed E-state index contributed by atoms with van der Waals surface area (Å²) < 4.78 is 24.5. The first-order valence-corrected chi connectivity index (χ1v) is 12.6. The average Bonchev–Trinajstić information content (AvgIpc) is 2.76. The number of rotatable bonds is 21. The van der Waals surface area contributed by atoms with Crippen molar-refractivity contribution in [1.29, 1.82) is 0 Å². The Hall–Kier alpha value is -0.930. The number of halogens is 1. The minimum Gasteiger partial charge on any atom is -0.379 e. The minimum atomic E-state index is -0.622. The standard InChI is InChI=1S/C27H47FO2/c1-3-27(30-23-26-20-16-14-17-21-26)24-29-22-18-13-11-9-7-5-4-6-8-10-12-15-19-25(2)28/h14,16-17,20-21,25,27H,3-13,15,18-19,22-24H2,1-2H3. The Labute approximate surface area is 185 Å². The molecule has 2 unspecified atom stereocenters. The van der Waals surface area contributed by atoms with E-state index in [-0.39, 0.29) is 6.10 Å². The second-order valence-corrected chi connectivity index (χ2v) is 8.71. The smallest absolute Gasteiger partial charge is 0.0973 e. The summed E-state index contributed by atoms with van der Waals surface area (Å²) in [6.45, 7) is 6.05. The molecular weight excluding hydrogens is 375 g/mol. The van der Waals surface area contributed by atoms with Crippen LogP contribution >= 0.6 is 0 Å². The van der Waals surface area contributed by atoms with Crippen LogP contribution in [0.25, 0.3) is 0 Å². The van der Waals surface area contributed by atoms with Gasteiger partial charge < -0.3 is 9.47 Å². The van der Waals surface area contributed by atoms with Gasteiger partial charge in [-0.15, -0.1) is 0 Å². The van der Waals surface area contributed by atoms with E-state index in [1.165, 1.54) is 69.8 Å². The number of benzene rings is 1. The zero-order valence-electron chi connectivity index (χ0n) is 19.8. The quantitative estimate of drug-likeness (QED) is 0.185. The van der Waals surface area contributed by atoms with Crippen molar-refractivity contribution in [2.24, 2.45) is 0 Å². The van der Waals surface area contributed by atoms with Gasteiger partial charge in [0.25, 0.3) is 0 Å². The van der Waals surface area contributed by atoms with Crippen LogP contribution in [-0.2, 0) is 16.1 Å². The van der Waals surface area contributed by atoms with Gasteiger partial charge in [-0.2, -0.15) is 0 Å². The molecule has 0 heterocycles. The maximum absolute atomic E-state index is 12.7. The first kappa shape index (κ1) is 27.1. The summed E-state index contributed by atoms with van der Waals surface area (Å²) in [6, 6.07) is 10.3. The Kier molecular flexibility index (Phi) is 18.1. The van der Waals surface area contributed by atoms with E-state index in [1.54, 1.807) is 6.92 Å². The van der Waals surface area contributed by atoms with Gasteiger partial charge in [-0.3, -0.25) is 0 Å². The lowest BCUT2D eigenvalue weighted by Crippen LogP contribution is -2.19. The van der Waals surface area contributed by atoms with Crippen molar-refractivity contribution in [2.75, 3.05) is 13.2 Å². The van der Waals surface area contributed by atoms with Crippen LogP contribution in [0, 0.1) is 0 Å². The summed E-state index contributed by atoms with van der Waals surface area (Å²) in [5.41, 5.74) is 1.22. The first-order chi connectivity index (χ1) is 14.7. The highest BCUT2D eigenvalue weighted by atomic mass is 19.1. The van der Waals surface area contributed by atoms with Crippen molar-refractivity contribution in [3.8, 4) is 0 Å². The van der Waals surface area contributed by atoms with E-state index in [0.29, 0.717) is 13.2 Å². The highest BCUT2D eigenvalue weighted by Crippen LogP contribution is 2.13. The van der Waals surface area contributed by atoms with Crippen molar-refractivity contribution >= 4 is 0 Å². The summed E-state index contributed by atoms with van der Waals surface area (Å²) in [5.74, 6) is 0. The maximum atomic E-state index is 12.7. The Bertz CT molecular complexity index is 463. The van der Waals surface area contributed by atoms with Crippen LogP contribution in [0.2, 0.25) is 0 Å². The molecule has 0 fully saturated rings. The molecule has 174 valence electrons. The molecule has 1 aromatic rings. The van der Waals surface area contributed by atoms with E-state index < -0.39 is 6.17 Å². The Balaban J connectivity index is 1.80. The Morgan fingerprint density at radius 1 is 0.767 bits per heavy atom. The van der Waals surface area contributed by atoms with E-state index in [4.69, 9.17) is 9.47 Å². The van der Waals surface area contributed by atoms with Crippen LogP contribution in [0.3, 0.4) is 0 Å². The van der Waals surface area contributed by atoms with E-state index in [0.717, 1.165) is 32.3 Å². The summed E-state index contributed by atoms with van der Waals surface area (Å²) >= 11 is 0. The lowest BCUT2D eigenvalue weighted by molar-refractivity contribution is -0.0269. The average molecular weight is 423 g/mol. The second-order valence-electron chi connectivity index (χ2n) is 8.71. The van der Waals surface area contributed by atoms with Crippen molar-refractivity contribution in [2.45, 2.75) is 123 Å². The molecule has 1 aromatic carbocycles. The molecule has 0 saturated carbocycles. The molecule has 0 bridgehead atoms. The highest BCUT2D eigenvalue weighted by molar-refractivity contribution is 5.13. The van der Waals surface area contributed by atoms with Gasteiger partial charge in [0.05, 0.1) is 25.5 Å². The lowest BCUT2D eigenvalue weighted by Gasteiger charge is -2.16. The third kappa shape index (κ3) is 16.8. The minimum absolute atomic E-state index is 0.192. The number of alkyl halides is 1. The van der Waals surface area contributed by atoms with Crippen molar-refractivity contribution in [3.05, 3.63) is 35.9 Å². The van der Waals surface area contributed by atoms with Crippen LogP contribution in [-0.4, -0.2) is 25.5 Å². The second kappa shape index (κ2) is 20.0. The van der Waals surface area contributed by atoms with Crippen molar-refractivity contribution < 1.29 is 13.9 Å². The van der Waals surface area contributed by atoms with Crippen LogP contribution in [0.1, 0.15) is 109 Å². The normalized spacial score (nSPS) is 13.4. The molecule has 2 nitrogen and oxygen atoms in total. The van der Waals surface area contributed by atoms with Gasteiger partial charge in [0.2, 0.25) is 0 Å². The fraction of sp³-hybridized carbons (Fsp3) is 0.778. The van der Waals surface area contributed by atoms with Crippen LogP contribution < -0.4 is 0 Å². The molecule has 0 N–H and O–H groups in total. The van der Waals surface area contributed by atoms with Crippen molar-refractivity contribution in [3.63, 3.8) is 0 Å². The summed E-state index contributed by atoms with van der Waals surface area (Å²) in [7, 11) is 0. The SMILES string of the molecule is CCC(COCCCCCCCCCCCCCCC(C)F)OCc1ccccc1. The zero-order chi connectivity index (χ0) is 21.7. The predicted molar refractivity (Wildman–Crippen MR) is 127 cm³/mol. The van der Waals surface area contributed by atoms with E-state index in [2.05, 4.69) is 31.2 Å². The van der Waals surface area contributed by atoms with Crippen LogP contribution in [0.4, 0.5) is 4.39 Å². The van der Waals surface area contributed by atoms with E-state index in [9.17, 15) is 4.39 Å². The van der Waals surface area contributed by atoms with Gasteiger partial charge in [0.1, 0.15) is 0 Å². The number of hydrogen-bond acceptors (Lipinski definition) is 2. The zero-order valence-corrected chi connectivity index (χ0v) is 19.8. The number of unbranched alkanes of at least 4 members (excludes halogenated alkanes) is 11. The predicted octanol–water partition coefficient (Wildman–Crippen LogP) is 8.43. The molecule has 0 aromatic heterocycles. The van der Waals surface area contributed by atoms with Crippen molar-refractivity contribution in [1.82, 2.24) is 0 Å². The molecule has 0 saturated heterocycles. The van der Waals surface area contributed by atoms with Gasteiger partial charge in [-0.25, -0.2) is 4.39 Å². The van der Waals surface area contributed by atoms with Gasteiger partial charge in [0, 0.05) is 6.61 Å². The Morgan fingerprint density at radius 3 is 1.83 bits per heavy atom. The van der Waals surface area contributed by atoms with E-state index >= 15 is 0 Å². The fourth-order valence-electron chi connectivity index (χ4n) is 3.68. The number of ether oxygens (including phenoxy) is 2. The molecule has 3 heteroatoms. The molecule has 0 aliphatic rings. The first-order valence-electron chi connectivity index (χ1n) is 12.6. The molecule has 30 heavy (non-hydrogen) atoms. The molecule has 0 amide bonds. The third-order valence-corrected chi connectivity index (χ3v) is 5.73. The molecule has 0 aliphatic carbocycles. The monoisotopic (exact) mass is 422 g/mol. The van der Waals surface area contributed by atoms with Gasteiger partial charge in [-0.05, 0) is 31.7 Å². The largest absolute Gasteiger partial charge is 0.379 e. The molecule has 2 atom stereocenters. The molecular formula is C27H47FO2.